The van der Waals surface area contributed by atoms with E-state index in [1.54, 1.807) is 24.3 Å². The van der Waals surface area contributed by atoms with Crippen molar-refractivity contribution in [1.29, 1.82) is 0 Å². The molecule has 1 amide bonds. The van der Waals surface area contributed by atoms with E-state index in [1.807, 2.05) is 11.5 Å². The predicted molar refractivity (Wildman–Crippen MR) is 109 cm³/mol. The fraction of sp³-hybridized carbons (Fsp3) is 0.526. The molecule has 0 saturated carbocycles. The highest BCUT2D eigenvalue weighted by atomic mass is 32.2. The van der Waals surface area contributed by atoms with Gasteiger partial charge in [0.1, 0.15) is 5.69 Å². The second-order valence-corrected chi connectivity index (χ2v) is 8.72. The Morgan fingerprint density at radius 2 is 1.78 bits per heavy atom. The fourth-order valence-electron chi connectivity index (χ4n) is 3.11. The second-order valence-electron chi connectivity index (χ2n) is 6.56. The second kappa shape index (κ2) is 8.86. The summed E-state index contributed by atoms with van der Waals surface area (Å²) in [5.74, 6) is -0.141. The minimum atomic E-state index is -3.51. The van der Waals surface area contributed by atoms with Gasteiger partial charge >= 0.3 is 0 Å². The molecule has 150 valence electrons. The topological polar surface area (TPSA) is 74.7 Å². The van der Waals surface area contributed by atoms with Crippen molar-refractivity contribution in [2.45, 2.75) is 32.2 Å². The number of benzene rings is 1. The summed E-state index contributed by atoms with van der Waals surface area (Å²) in [4.78, 5) is 15.1. The third-order valence-electron chi connectivity index (χ3n) is 4.81. The van der Waals surface area contributed by atoms with Gasteiger partial charge in [0.25, 0.3) is 5.91 Å². The first-order chi connectivity index (χ1) is 12.8. The van der Waals surface area contributed by atoms with Crippen LogP contribution in [0.3, 0.4) is 0 Å². The Hall–Kier alpha value is -1.90. The van der Waals surface area contributed by atoms with Gasteiger partial charge in [-0.15, -0.1) is 0 Å². The lowest BCUT2D eigenvalue weighted by Crippen LogP contribution is -2.35. The normalized spacial score (nSPS) is 12.3. The van der Waals surface area contributed by atoms with Crippen molar-refractivity contribution in [1.82, 2.24) is 19.1 Å². The molecule has 7 nitrogen and oxygen atoms in total. The van der Waals surface area contributed by atoms with E-state index >= 15 is 0 Å². The Labute approximate surface area is 162 Å². The van der Waals surface area contributed by atoms with Crippen LogP contribution in [0.25, 0.3) is 10.9 Å². The maximum absolute atomic E-state index is 12.7. The molecule has 0 saturated heterocycles. The lowest BCUT2D eigenvalue weighted by Gasteiger charge is -2.18. The minimum absolute atomic E-state index is 0.141. The van der Waals surface area contributed by atoms with E-state index in [0.29, 0.717) is 18.8 Å². The predicted octanol–water partition coefficient (Wildman–Crippen LogP) is 1.98. The molecule has 8 heteroatoms. The highest BCUT2D eigenvalue weighted by Gasteiger charge is 2.20. The molecule has 2 rings (SSSR count). The van der Waals surface area contributed by atoms with Crippen LogP contribution in [0.5, 0.6) is 0 Å². The molecule has 1 aromatic heterocycles. The Morgan fingerprint density at radius 1 is 1.11 bits per heavy atom. The number of aromatic nitrogens is 1. The zero-order valence-corrected chi connectivity index (χ0v) is 17.6. The van der Waals surface area contributed by atoms with E-state index in [9.17, 15) is 13.2 Å². The van der Waals surface area contributed by atoms with Crippen molar-refractivity contribution >= 4 is 26.8 Å². The van der Waals surface area contributed by atoms with E-state index < -0.39 is 10.0 Å². The smallest absolute Gasteiger partial charge is 0.267 e. The summed E-state index contributed by atoms with van der Waals surface area (Å²) in [5, 5.41) is 3.71. The maximum Gasteiger partial charge on any atom is 0.267 e. The SMILES string of the molecule is CCN(CC)CCNC(=O)c1cc2cc(S(=O)(=O)N(C)C)ccc2n1CC. The minimum Gasteiger partial charge on any atom is -0.349 e. The van der Waals surface area contributed by atoms with Crippen molar-refractivity contribution in [3.63, 3.8) is 0 Å². The Kier molecular flexibility index (Phi) is 7.02. The average Bonchev–Trinajstić information content (AvgIpc) is 3.02. The summed E-state index contributed by atoms with van der Waals surface area (Å²) in [7, 11) is -0.500. The quantitative estimate of drug-likeness (QED) is 0.706. The maximum atomic E-state index is 12.7. The zero-order chi connectivity index (χ0) is 20.2. The summed E-state index contributed by atoms with van der Waals surface area (Å²) in [6, 6.07) is 6.75. The molecule has 0 aliphatic carbocycles. The van der Waals surface area contributed by atoms with Crippen LogP contribution in [-0.4, -0.2) is 68.4 Å². The van der Waals surface area contributed by atoms with Crippen LogP contribution in [0.4, 0.5) is 0 Å². The van der Waals surface area contributed by atoms with Crippen LogP contribution >= 0.6 is 0 Å². The van der Waals surface area contributed by atoms with Crippen LogP contribution in [-0.2, 0) is 16.6 Å². The monoisotopic (exact) mass is 394 g/mol. The van der Waals surface area contributed by atoms with E-state index in [4.69, 9.17) is 0 Å². The molecule has 27 heavy (non-hydrogen) atoms. The van der Waals surface area contributed by atoms with Gasteiger partial charge < -0.3 is 14.8 Å². The number of rotatable bonds is 9. The molecule has 1 heterocycles. The first-order valence-electron chi connectivity index (χ1n) is 9.32. The molecule has 0 aliphatic heterocycles. The molecule has 1 N–H and O–H groups in total. The van der Waals surface area contributed by atoms with Gasteiger partial charge in [-0.05, 0) is 44.3 Å². The first-order valence-corrected chi connectivity index (χ1v) is 10.8. The van der Waals surface area contributed by atoms with Crippen molar-refractivity contribution in [2.75, 3.05) is 40.3 Å². The summed E-state index contributed by atoms with van der Waals surface area (Å²) in [5.41, 5.74) is 1.40. The molecule has 0 bridgehead atoms. The highest BCUT2D eigenvalue weighted by Crippen LogP contribution is 2.24. The molecule has 2 aromatic rings. The van der Waals surface area contributed by atoms with Gasteiger partial charge in [0, 0.05) is 44.6 Å². The number of amides is 1. The van der Waals surface area contributed by atoms with Crippen molar-refractivity contribution in [3.05, 3.63) is 30.0 Å². The molecule has 0 atom stereocenters. The van der Waals surface area contributed by atoms with E-state index in [1.165, 1.54) is 18.4 Å². The number of aryl methyl sites for hydroxylation is 1. The largest absolute Gasteiger partial charge is 0.349 e. The average molecular weight is 395 g/mol. The molecular formula is C19H30N4O3S. The van der Waals surface area contributed by atoms with Gasteiger partial charge in [-0.3, -0.25) is 4.79 Å². The van der Waals surface area contributed by atoms with Gasteiger partial charge in [0.05, 0.1) is 4.90 Å². The fourth-order valence-corrected chi connectivity index (χ4v) is 4.04. The van der Waals surface area contributed by atoms with Crippen LogP contribution in [0.1, 0.15) is 31.3 Å². The van der Waals surface area contributed by atoms with Crippen LogP contribution in [0.2, 0.25) is 0 Å². The number of sulfonamides is 1. The molecule has 0 fully saturated rings. The van der Waals surface area contributed by atoms with Gasteiger partial charge in [0.15, 0.2) is 0 Å². The molecule has 0 spiro atoms. The third-order valence-corrected chi connectivity index (χ3v) is 6.62. The van der Waals surface area contributed by atoms with Crippen molar-refractivity contribution < 1.29 is 13.2 Å². The summed E-state index contributed by atoms with van der Waals surface area (Å²) < 4.78 is 27.8. The molecule has 0 radical (unpaired) electrons. The highest BCUT2D eigenvalue weighted by molar-refractivity contribution is 7.89. The molecule has 0 aliphatic rings. The van der Waals surface area contributed by atoms with Gasteiger partial charge in [-0.25, -0.2) is 12.7 Å². The Bertz CT molecular complexity index is 899. The molecule has 0 unspecified atom stereocenters. The number of hydrogen-bond acceptors (Lipinski definition) is 4. The van der Waals surface area contributed by atoms with E-state index in [-0.39, 0.29) is 10.8 Å². The van der Waals surface area contributed by atoms with Gasteiger partial charge in [-0.1, -0.05) is 13.8 Å². The third kappa shape index (κ3) is 4.51. The number of hydrogen-bond donors (Lipinski definition) is 1. The number of nitrogens with zero attached hydrogens (tertiary/aromatic N) is 3. The van der Waals surface area contributed by atoms with Crippen LogP contribution < -0.4 is 5.32 Å². The van der Waals surface area contributed by atoms with Crippen LogP contribution in [0.15, 0.2) is 29.2 Å². The summed E-state index contributed by atoms with van der Waals surface area (Å²) in [6.45, 7) is 10.1. The van der Waals surface area contributed by atoms with Gasteiger partial charge in [-0.2, -0.15) is 0 Å². The number of fused-ring (bicyclic) bond motifs is 1. The lowest BCUT2D eigenvalue weighted by molar-refractivity contribution is 0.0940. The van der Waals surface area contributed by atoms with Crippen molar-refractivity contribution in [3.8, 4) is 0 Å². The number of carbonyl (C=O) groups is 1. The number of carbonyl (C=O) groups excluding carboxylic acids is 1. The van der Waals surface area contributed by atoms with Crippen LogP contribution in [0, 0.1) is 0 Å². The van der Waals surface area contributed by atoms with Crippen molar-refractivity contribution in [2.24, 2.45) is 0 Å². The Morgan fingerprint density at radius 3 is 2.33 bits per heavy atom. The molecule has 1 aromatic carbocycles. The lowest BCUT2D eigenvalue weighted by atomic mass is 10.2. The molecular weight excluding hydrogens is 364 g/mol. The summed E-state index contributed by atoms with van der Waals surface area (Å²) >= 11 is 0. The number of likely N-dealkylation sites (N-methyl/N-ethyl adjacent to an activating group) is 1. The first kappa shape index (κ1) is 21.4. The zero-order valence-electron chi connectivity index (χ0n) is 16.8. The summed E-state index contributed by atoms with van der Waals surface area (Å²) in [6.07, 6.45) is 0. The number of nitrogens with one attached hydrogen (secondary N) is 1. The van der Waals surface area contributed by atoms with E-state index in [0.717, 1.165) is 30.5 Å². The Balaban J connectivity index is 2.30. The van der Waals surface area contributed by atoms with E-state index in [2.05, 4.69) is 24.1 Å². The van der Waals surface area contributed by atoms with Gasteiger partial charge in [0.2, 0.25) is 10.0 Å². The standard InChI is InChI=1S/C19H30N4O3S/c1-6-22(7-2)12-11-20-19(24)18-14-15-13-16(27(25,26)21(4)5)9-10-17(15)23(18)8-3/h9-10,13-14H,6-8,11-12H2,1-5H3,(H,20,24).